The quantitative estimate of drug-likeness (QED) is 0.771. The summed E-state index contributed by atoms with van der Waals surface area (Å²) in [5.74, 6) is 1.64. The van der Waals surface area contributed by atoms with Gasteiger partial charge in [0.2, 0.25) is 11.7 Å². The van der Waals surface area contributed by atoms with Crippen LogP contribution in [-0.4, -0.2) is 11.1 Å². The number of hydrogen-bond acceptors (Lipinski definition) is 5. The highest BCUT2D eigenvalue weighted by atomic mass is 16.5. The molecular formula is C14H12N2O4. The summed E-state index contributed by atoms with van der Waals surface area (Å²) in [6, 6.07) is 8.78. The average Bonchev–Trinajstić information content (AvgIpc) is 3.18. The predicted octanol–water partition coefficient (Wildman–Crippen LogP) is 2.39. The van der Waals surface area contributed by atoms with Crippen molar-refractivity contribution in [1.29, 1.82) is 0 Å². The number of nitrogens with one attached hydrogen (secondary N) is 1. The van der Waals surface area contributed by atoms with Gasteiger partial charge in [0, 0.05) is 6.07 Å². The third kappa shape index (κ3) is 2.80. The van der Waals surface area contributed by atoms with E-state index in [1.165, 1.54) is 0 Å². The lowest BCUT2D eigenvalue weighted by Gasteiger charge is -2.00. The lowest BCUT2D eigenvalue weighted by molar-refractivity contribution is -0.120. The van der Waals surface area contributed by atoms with Gasteiger partial charge >= 0.3 is 0 Å². The Hall–Kier alpha value is -2.76. The van der Waals surface area contributed by atoms with Gasteiger partial charge in [-0.15, -0.1) is 0 Å². The van der Waals surface area contributed by atoms with Gasteiger partial charge in [-0.05, 0) is 24.3 Å². The van der Waals surface area contributed by atoms with Gasteiger partial charge in [0.1, 0.15) is 5.76 Å². The standard InChI is InChI=1S/C14H12N2O4/c17-14(15-9-11-3-1-5-18-11)8-10-7-13(20-16-10)12-4-2-6-19-12/h1-7H,8-9H2,(H,15,17). The average molecular weight is 272 g/mol. The van der Waals surface area contributed by atoms with Crippen LogP contribution in [-0.2, 0) is 17.8 Å². The summed E-state index contributed by atoms with van der Waals surface area (Å²) >= 11 is 0. The van der Waals surface area contributed by atoms with Gasteiger partial charge in [0.25, 0.3) is 0 Å². The molecule has 1 N–H and O–H groups in total. The molecule has 0 spiro atoms. The minimum Gasteiger partial charge on any atom is -0.467 e. The number of nitrogens with zero attached hydrogens (tertiary/aromatic N) is 1. The van der Waals surface area contributed by atoms with Crippen molar-refractivity contribution >= 4 is 5.91 Å². The summed E-state index contributed by atoms with van der Waals surface area (Å²) in [6.45, 7) is 0.356. The molecule has 6 nitrogen and oxygen atoms in total. The van der Waals surface area contributed by atoms with E-state index in [4.69, 9.17) is 13.4 Å². The van der Waals surface area contributed by atoms with Gasteiger partial charge in [0.15, 0.2) is 5.76 Å². The van der Waals surface area contributed by atoms with Crippen LogP contribution in [0.4, 0.5) is 0 Å². The molecule has 0 aliphatic carbocycles. The first-order valence-corrected chi connectivity index (χ1v) is 6.10. The number of rotatable bonds is 5. The van der Waals surface area contributed by atoms with Crippen molar-refractivity contribution in [3.63, 3.8) is 0 Å². The van der Waals surface area contributed by atoms with Crippen LogP contribution < -0.4 is 5.32 Å². The summed E-state index contributed by atoms with van der Waals surface area (Å²) in [7, 11) is 0. The van der Waals surface area contributed by atoms with Crippen LogP contribution >= 0.6 is 0 Å². The third-order valence-corrected chi connectivity index (χ3v) is 2.70. The molecule has 6 heteroatoms. The highest BCUT2D eigenvalue weighted by molar-refractivity contribution is 5.78. The minimum atomic E-state index is -0.152. The maximum Gasteiger partial charge on any atom is 0.226 e. The molecule has 0 bridgehead atoms. The smallest absolute Gasteiger partial charge is 0.226 e. The minimum absolute atomic E-state index is 0.144. The Bertz CT molecular complexity index is 668. The second kappa shape index (κ2) is 5.48. The first kappa shape index (κ1) is 12.3. The van der Waals surface area contributed by atoms with E-state index >= 15 is 0 Å². The van der Waals surface area contributed by atoms with E-state index in [9.17, 15) is 4.79 Å². The zero-order valence-corrected chi connectivity index (χ0v) is 10.5. The molecule has 3 rings (SSSR count). The number of carbonyl (C=O) groups excluding carboxylic acids is 1. The molecule has 0 aromatic carbocycles. The van der Waals surface area contributed by atoms with Crippen LogP contribution in [0.15, 0.2) is 56.2 Å². The number of furan rings is 2. The molecule has 0 unspecified atom stereocenters. The van der Waals surface area contributed by atoms with Crippen LogP contribution in [0.1, 0.15) is 11.5 Å². The second-order valence-electron chi connectivity index (χ2n) is 4.19. The monoisotopic (exact) mass is 272 g/mol. The molecule has 0 saturated carbocycles. The lowest BCUT2D eigenvalue weighted by Crippen LogP contribution is -2.24. The Morgan fingerprint density at radius 2 is 2.00 bits per heavy atom. The highest BCUT2D eigenvalue weighted by Crippen LogP contribution is 2.20. The number of hydrogen-bond donors (Lipinski definition) is 1. The summed E-state index contributed by atoms with van der Waals surface area (Å²) < 4.78 is 15.4. The number of amides is 1. The Labute approximate surface area is 114 Å². The molecule has 3 aromatic rings. The van der Waals surface area contributed by atoms with Gasteiger partial charge in [-0.1, -0.05) is 5.16 Å². The Kier molecular flexibility index (Phi) is 3.36. The van der Waals surface area contributed by atoms with Gasteiger partial charge in [-0.25, -0.2) is 0 Å². The summed E-state index contributed by atoms with van der Waals surface area (Å²) in [6.07, 6.45) is 3.26. The first-order valence-electron chi connectivity index (χ1n) is 6.10. The van der Waals surface area contributed by atoms with Crippen molar-refractivity contribution in [2.24, 2.45) is 0 Å². The maximum absolute atomic E-state index is 11.7. The van der Waals surface area contributed by atoms with E-state index in [2.05, 4.69) is 10.5 Å². The SMILES string of the molecule is O=C(Cc1cc(-c2ccco2)on1)NCc1ccco1. The summed E-state index contributed by atoms with van der Waals surface area (Å²) in [4.78, 5) is 11.7. The molecule has 0 aliphatic rings. The van der Waals surface area contributed by atoms with Crippen molar-refractivity contribution in [2.75, 3.05) is 0 Å². The fraction of sp³-hybridized carbons (Fsp3) is 0.143. The molecule has 3 heterocycles. The topological polar surface area (TPSA) is 81.4 Å². The van der Waals surface area contributed by atoms with Crippen molar-refractivity contribution in [1.82, 2.24) is 10.5 Å². The van der Waals surface area contributed by atoms with Crippen molar-refractivity contribution < 1.29 is 18.2 Å². The molecule has 20 heavy (non-hydrogen) atoms. The lowest BCUT2D eigenvalue weighted by atomic mass is 10.2. The van der Waals surface area contributed by atoms with Crippen LogP contribution in [0.25, 0.3) is 11.5 Å². The van der Waals surface area contributed by atoms with E-state index < -0.39 is 0 Å². The van der Waals surface area contributed by atoms with Gasteiger partial charge in [0.05, 0.1) is 31.2 Å². The van der Waals surface area contributed by atoms with E-state index in [0.717, 1.165) is 0 Å². The van der Waals surface area contributed by atoms with E-state index in [0.29, 0.717) is 29.5 Å². The fourth-order valence-corrected chi connectivity index (χ4v) is 1.76. The largest absolute Gasteiger partial charge is 0.467 e. The zero-order chi connectivity index (χ0) is 13.8. The molecule has 0 fully saturated rings. The van der Waals surface area contributed by atoms with Crippen molar-refractivity contribution in [3.05, 3.63) is 54.3 Å². The van der Waals surface area contributed by atoms with Crippen molar-refractivity contribution in [3.8, 4) is 11.5 Å². The molecular weight excluding hydrogens is 260 g/mol. The number of carbonyl (C=O) groups is 1. The van der Waals surface area contributed by atoms with E-state index in [-0.39, 0.29) is 12.3 Å². The van der Waals surface area contributed by atoms with E-state index in [1.54, 1.807) is 42.9 Å². The van der Waals surface area contributed by atoms with Crippen molar-refractivity contribution in [2.45, 2.75) is 13.0 Å². The fourth-order valence-electron chi connectivity index (χ4n) is 1.76. The summed E-state index contributed by atoms with van der Waals surface area (Å²) in [5.41, 5.74) is 0.549. The maximum atomic E-state index is 11.7. The molecule has 0 atom stereocenters. The Morgan fingerprint density at radius 1 is 1.15 bits per heavy atom. The van der Waals surface area contributed by atoms with Gasteiger partial charge in [-0.3, -0.25) is 4.79 Å². The van der Waals surface area contributed by atoms with E-state index in [1.807, 2.05) is 0 Å². The first-order chi connectivity index (χ1) is 9.81. The van der Waals surface area contributed by atoms with Gasteiger partial charge < -0.3 is 18.7 Å². The van der Waals surface area contributed by atoms with Crippen LogP contribution in [0, 0.1) is 0 Å². The zero-order valence-electron chi connectivity index (χ0n) is 10.5. The van der Waals surface area contributed by atoms with Crippen LogP contribution in [0.3, 0.4) is 0 Å². The predicted molar refractivity (Wildman–Crippen MR) is 68.5 cm³/mol. The van der Waals surface area contributed by atoms with Crippen LogP contribution in [0.2, 0.25) is 0 Å². The normalized spacial score (nSPS) is 10.6. The Morgan fingerprint density at radius 3 is 2.75 bits per heavy atom. The highest BCUT2D eigenvalue weighted by Gasteiger charge is 2.12. The third-order valence-electron chi connectivity index (χ3n) is 2.70. The molecule has 0 radical (unpaired) electrons. The second-order valence-corrected chi connectivity index (χ2v) is 4.19. The molecule has 0 aliphatic heterocycles. The molecule has 102 valence electrons. The number of aromatic nitrogens is 1. The summed E-state index contributed by atoms with van der Waals surface area (Å²) in [5, 5.41) is 6.58. The van der Waals surface area contributed by atoms with Crippen LogP contribution in [0.5, 0.6) is 0 Å². The molecule has 1 amide bonds. The molecule has 3 aromatic heterocycles. The molecule has 0 saturated heterocycles. The van der Waals surface area contributed by atoms with Gasteiger partial charge in [-0.2, -0.15) is 0 Å². The Balaban J connectivity index is 1.56.